The zero-order chi connectivity index (χ0) is 12.3. The van der Waals surface area contributed by atoms with Gasteiger partial charge < -0.3 is 5.11 Å². The molecule has 2 rings (SSSR count). The van der Waals surface area contributed by atoms with Crippen LogP contribution in [0.2, 0.25) is 0 Å². The molecule has 1 N–H and O–H groups in total. The lowest BCUT2D eigenvalue weighted by molar-refractivity contribution is 0.275. The molecular formula is C12H18N2OS2. The fourth-order valence-corrected chi connectivity index (χ4v) is 4.93. The molecule has 0 aliphatic carbocycles. The Morgan fingerprint density at radius 2 is 2.18 bits per heavy atom. The SMILES string of the molecule is CCC1SCCSC1c1ncc(C)c(CO)n1. The van der Waals surface area contributed by atoms with Crippen molar-refractivity contribution in [2.45, 2.75) is 37.4 Å². The van der Waals surface area contributed by atoms with Crippen molar-refractivity contribution in [2.75, 3.05) is 11.5 Å². The number of hydrogen-bond donors (Lipinski definition) is 1. The van der Waals surface area contributed by atoms with E-state index in [1.165, 1.54) is 5.75 Å². The van der Waals surface area contributed by atoms with Gasteiger partial charge in [-0.15, -0.1) is 11.8 Å². The summed E-state index contributed by atoms with van der Waals surface area (Å²) in [6, 6.07) is 0. The Bertz CT molecular complexity index is 387. The van der Waals surface area contributed by atoms with E-state index in [0.29, 0.717) is 10.5 Å². The second-order valence-corrected chi connectivity index (χ2v) is 6.72. The van der Waals surface area contributed by atoms with E-state index in [1.54, 1.807) is 0 Å². The van der Waals surface area contributed by atoms with Crippen LogP contribution in [0.5, 0.6) is 0 Å². The molecule has 0 bridgehead atoms. The van der Waals surface area contributed by atoms with Crippen LogP contribution in [0, 0.1) is 6.92 Å². The van der Waals surface area contributed by atoms with Gasteiger partial charge in [-0.2, -0.15) is 11.8 Å². The zero-order valence-electron chi connectivity index (χ0n) is 10.2. The Balaban J connectivity index is 2.25. The van der Waals surface area contributed by atoms with Gasteiger partial charge in [0.1, 0.15) is 5.82 Å². The lowest BCUT2D eigenvalue weighted by atomic mass is 10.2. The van der Waals surface area contributed by atoms with Gasteiger partial charge >= 0.3 is 0 Å². The third-order valence-corrected chi connectivity index (χ3v) is 6.19. The fourth-order valence-electron chi connectivity index (χ4n) is 1.93. The second-order valence-electron chi connectivity index (χ2n) is 4.12. The third kappa shape index (κ3) is 2.95. The molecule has 3 nitrogen and oxygen atoms in total. The van der Waals surface area contributed by atoms with E-state index in [-0.39, 0.29) is 6.61 Å². The molecule has 17 heavy (non-hydrogen) atoms. The highest BCUT2D eigenvalue weighted by atomic mass is 32.2. The van der Waals surface area contributed by atoms with Gasteiger partial charge in [0, 0.05) is 23.0 Å². The molecule has 1 aliphatic rings. The first-order valence-corrected chi connectivity index (χ1v) is 8.02. The van der Waals surface area contributed by atoms with Crippen molar-refractivity contribution in [1.82, 2.24) is 9.97 Å². The zero-order valence-corrected chi connectivity index (χ0v) is 11.9. The largest absolute Gasteiger partial charge is 0.390 e. The Morgan fingerprint density at radius 1 is 1.41 bits per heavy atom. The summed E-state index contributed by atoms with van der Waals surface area (Å²) >= 11 is 3.97. The van der Waals surface area contributed by atoms with Gasteiger partial charge in [0.15, 0.2) is 0 Å². The molecule has 94 valence electrons. The molecule has 0 radical (unpaired) electrons. The average Bonchev–Trinajstić information content (AvgIpc) is 2.39. The first kappa shape index (κ1) is 13.2. The predicted octanol–water partition coefficient (Wildman–Crippen LogP) is 2.58. The lowest BCUT2D eigenvalue weighted by Crippen LogP contribution is -2.21. The molecule has 0 aromatic carbocycles. The van der Waals surface area contributed by atoms with E-state index in [1.807, 2.05) is 36.6 Å². The van der Waals surface area contributed by atoms with Crippen LogP contribution in [-0.4, -0.2) is 31.8 Å². The molecule has 0 spiro atoms. The number of nitrogens with zero attached hydrogens (tertiary/aromatic N) is 2. The van der Waals surface area contributed by atoms with E-state index < -0.39 is 0 Å². The van der Waals surface area contributed by atoms with Crippen molar-refractivity contribution in [3.8, 4) is 0 Å². The maximum Gasteiger partial charge on any atom is 0.142 e. The average molecular weight is 270 g/mol. The van der Waals surface area contributed by atoms with Crippen LogP contribution in [0.15, 0.2) is 6.20 Å². The predicted molar refractivity (Wildman–Crippen MR) is 74.4 cm³/mol. The summed E-state index contributed by atoms with van der Waals surface area (Å²) in [5, 5.41) is 10.2. The van der Waals surface area contributed by atoms with Gasteiger partial charge in [-0.05, 0) is 18.9 Å². The summed E-state index contributed by atoms with van der Waals surface area (Å²) in [5.74, 6) is 3.28. The highest BCUT2D eigenvalue weighted by Crippen LogP contribution is 2.42. The Labute approximate surface area is 111 Å². The normalized spacial score (nSPS) is 24.9. The molecule has 1 aromatic heterocycles. The number of rotatable bonds is 3. The van der Waals surface area contributed by atoms with Crippen LogP contribution in [0.4, 0.5) is 0 Å². The van der Waals surface area contributed by atoms with Crippen molar-refractivity contribution in [2.24, 2.45) is 0 Å². The standard InChI is InChI=1S/C12H18N2OS2/c1-3-10-11(17-5-4-16-10)12-13-6-8(2)9(7-15)14-12/h6,10-11,15H,3-5,7H2,1-2H3. The lowest BCUT2D eigenvalue weighted by Gasteiger charge is -2.28. The first-order valence-electron chi connectivity index (χ1n) is 5.92. The van der Waals surface area contributed by atoms with Crippen LogP contribution in [-0.2, 0) is 6.61 Å². The smallest absolute Gasteiger partial charge is 0.142 e. The van der Waals surface area contributed by atoms with Crippen molar-refractivity contribution in [3.05, 3.63) is 23.3 Å². The van der Waals surface area contributed by atoms with E-state index in [0.717, 1.165) is 29.3 Å². The van der Waals surface area contributed by atoms with Crippen LogP contribution in [0.25, 0.3) is 0 Å². The molecule has 2 atom stereocenters. The molecule has 2 heterocycles. The summed E-state index contributed by atoms with van der Waals surface area (Å²) in [6.07, 6.45) is 2.98. The summed E-state index contributed by atoms with van der Waals surface area (Å²) in [6.45, 7) is 4.16. The Kier molecular flexibility index (Phi) is 4.70. The van der Waals surface area contributed by atoms with E-state index in [9.17, 15) is 5.11 Å². The van der Waals surface area contributed by atoms with Gasteiger partial charge in [-0.1, -0.05) is 6.92 Å². The van der Waals surface area contributed by atoms with Gasteiger partial charge in [-0.25, -0.2) is 9.97 Å². The molecule has 1 saturated heterocycles. The Morgan fingerprint density at radius 3 is 2.88 bits per heavy atom. The highest BCUT2D eigenvalue weighted by Gasteiger charge is 2.28. The summed E-state index contributed by atoms with van der Waals surface area (Å²) in [7, 11) is 0. The second kappa shape index (κ2) is 6.07. The van der Waals surface area contributed by atoms with Crippen LogP contribution in [0.3, 0.4) is 0 Å². The molecule has 1 fully saturated rings. The van der Waals surface area contributed by atoms with Crippen molar-refractivity contribution < 1.29 is 5.11 Å². The number of aromatic nitrogens is 2. The summed E-state index contributed by atoms with van der Waals surface area (Å²) in [5.41, 5.74) is 1.73. The van der Waals surface area contributed by atoms with Gasteiger partial charge in [-0.3, -0.25) is 0 Å². The minimum Gasteiger partial charge on any atom is -0.390 e. The number of aliphatic hydroxyl groups is 1. The topological polar surface area (TPSA) is 46.0 Å². The summed E-state index contributed by atoms with van der Waals surface area (Å²) in [4.78, 5) is 8.97. The molecule has 0 amide bonds. The molecule has 5 heteroatoms. The van der Waals surface area contributed by atoms with Crippen LogP contribution >= 0.6 is 23.5 Å². The third-order valence-electron chi connectivity index (χ3n) is 2.95. The van der Waals surface area contributed by atoms with Gasteiger partial charge in [0.2, 0.25) is 0 Å². The van der Waals surface area contributed by atoms with E-state index in [4.69, 9.17) is 0 Å². The van der Waals surface area contributed by atoms with Crippen molar-refractivity contribution >= 4 is 23.5 Å². The van der Waals surface area contributed by atoms with Crippen molar-refractivity contribution in [3.63, 3.8) is 0 Å². The molecule has 1 aromatic rings. The monoisotopic (exact) mass is 270 g/mol. The maximum atomic E-state index is 9.26. The molecule has 2 unspecified atom stereocenters. The molecule has 0 saturated carbocycles. The van der Waals surface area contributed by atoms with E-state index in [2.05, 4.69) is 16.9 Å². The number of thioether (sulfide) groups is 2. The number of hydrogen-bond acceptors (Lipinski definition) is 5. The number of aliphatic hydroxyl groups excluding tert-OH is 1. The highest BCUT2D eigenvalue weighted by molar-refractivity contribution is 8.06. The maximum absolute atomic E-state index is 9.26. The molecular weight excluding hydrogens is 252 g/mol. The van der Waals surface area contributed by atoms with Gasteiger partial charge in [0.05, 0.1) is 17.6 Å². The Hall–Kier alpha value is -0.260. The van der Waals surface area contributed by atoms with E-state index >= 15 is 0 Å². The quantitative estimate of drug-likeness (QED) is 0.914. The molecule has 1 aliphatic heterocycles. The van der Waals surface area contributed by atoms with Crippen LogP contribution in [0.1, 0.15) is 35.7 Å². The first-order chi connectivity index (χ1) is 8.26. The van der Waals surface area contributed by atoms with Gasteiger partial charge in [0.25, 0.3) is 0 Å². The number of aryl methyl sites for hydroxylation is 1. The summed E-state index contributed by atoms with van der Waals surface area (Å²) < 4.78 is 0. The van der Waals surface area contributed by atoms with Crippen molar-refractivity contribution in [1.29, 1.82) is 0 Å². The van der Waals surface area contributed by atoms with Crippen LogP contribution < -0.4 is 0 Å². The fraction of sp³-hybridized carbons (Fsp3) is 0.667. The minimum absolute atomic E-state index is 0.00265. The minimum atomic E-state index is 0.00265.